The lowest BCUT2D eigenvalue weighted by Crippen LogP contribution is -2.28. The number of benzene rings is 10. The third-order valence-electron chi connectivity index (χ3n) is 14.6. The topological polar surface area (TPSA) is 16.4 Å². The lowest BCUT2D eigenvalue weighted by atomic mass is 9.68. The first-order valence-corrected chi connectivity index (χ1v) is 23.0. The van der Waals surface area contributed by atoms with Crippen LogP contribution in [0, 0.1) is 0 Å². The second-order valence-electron chi connectivity index (χ2n) is 18.4. The number of nitrogens with zero attached hydrogens (tertiary/aromatic N) is 1. The van der Waals surface area contributed by atoms with E-state index in [1.165, 1.54) is 55.6 Å². The predicted octanol–water partition coefficient (Wildman–Crippen LogP) is 17.1. The van der Waals surface area contributed by atoms with Gasteiger partial charge in [0.05, 0.1) is 5.41 Å². The zero-order chi connectivity index (χ0) is 44.0. The van der Waals surface area contributed by atoms with Crippen LogP contribution in [0.15, 0.2) is 241 Å². The maximum Gasteiger partial charge on any atom is 0.143 e. The summed E-state index contributed by atoms with van der Waals surface area (Å²) in [5.41, 5.74) is 22.1. The maximum absolute atomic E-state index is 6.47. The molecule has 0 aliphatic heterocycles. The molecule has 312 valence electrons. The van der Waals surface area contributed by atoms with Gasteiger partial charge in [0.1, 0.15) is 11.2 Å². The van der Waals surface area contributed by atoms with Crippen LogP contribution < -0.4 is 4.90 Å². The Kier molecular flexibility index (Phi) is 8.51. The lowest BCUT2D eigenvalue weighted by Gasteiger charge is -2.34. The number of furan rings is 1. The van der Waals surface area contributed by atoms with Gasteiger partial charge in [-0.3, -0.25) is 0 Å². The van der Waals surface area contributed by atoms with Gasteiger partial charge in [0, 0.05) is 38.8 Å². The second kappa shape index (κ2) is 14.7. The molecule has 10 aromatic carbocycles. The first-order valence-electron chi connectivity index (χ1n) is 23.0. The van der Waals surface area contributed by atoms with Crippen LogP contribution in [0.2, 0.25) is 0 Å². The van der Waals surface area contributed by atoms with Crippen LogP contribution in [0.3, 0.4) is 0 Å². The molecule has 0 radical (unpaired) electrons. The predicted molar refractivity (Wildman–Crippen MR) is 274 cm³/mol. The Morgan fingerprint density at radius 3 is 1.65 bits per heavy atom. The highest BCUT2D eigenvalue weighted by molar-refractivity contribution is 6.09. The number of rotatable bonds is 7. The molecule has 2 aliphatic rings. The van der Waals surface area contributed by atoms with Gasteiger partial charge >= 0.3 is 0 Å². The van der Waals surface area contributed by atoms with E-state index in [9.17, 15) is 0 Å². The van der Waals surface area contributed by atoms with Gasteiger partial charge in [-0.1, -0.05) is 202 Å². The molecule has 13 rings (SSSR count). The third-order valence-corrected chi connectivity index (χ3v) is 14.6. The van der Waals surface area contributed by atoms with Gasteiger partial charge in [-0.25, -0.2) is 0 Å². The maximum atomic E-state index is 6.47. The number of para-hydroxylation sites is 2. The lowest BCUT2D eigenvalue weighted by molar-refractivity contribution is 0.660. The van der Waals surface area contributed by atoms with Crippen molar-refractivity contribution in [1.82, 2.24) is 0 Å². The SMILES string of the molecule is CC1(C)c2ccccc2-c2ccc(N(c3ccc(-c4cccc(-c5cccc6c5oc5ccccc56)c4)cc3)c3ccc4c(c3)-c3ccccc3C4(c3ccccc3)c3ccccc3)cc21. The molecule has 0 fully saturated rings. The molecule has 0 atom stereocenters. The monoisotopic (exact) mass is 843 g/mol. The highest BCUT2D eigenvalue weighted by atomic mass is 16.3. The zero-order valence-electron chi connectivity index (χ0n) is 36.9. The van der Waals surface area contributed by atoms with E-state index in [1.54, 1.807) is 0 Å². The summed E-state index contributed by atoms with van der Waals surface area (Å²) >= 11 is 0. The normalized spacial score (nSPS) is 13.8. The Morgan fingerprint density at radius 2 is 0.879 bits per heavy atom. The van der Waals surface area contributed by atoms with Crippen LogP contribution in [0.1, 0.15) is 47.2 Å². The fourth-order valence-electron chi connectivity index (χ4n) is 11.5. The molecule has 1 heterocycles. The minimum Gasteiger partial charge on any atom is -0.455 e. The zero-order valence-corrected chi connectivity index (χ0v) is 36.9. The van der Waals surface area contributed by atoms with Crippen molar-refractivity contribution >= 4 is 39.0 Å². The summed E-state index contributed by atoms with van der Waals surface area (Å²) in [6, 6.07) is 87.0. The van der Waals surface area contributed by atoms with Crippen molar-refractivity contribution in [3.8, 4) is 44.5 Å². The van der Waals surface area contributed by atoms with E-state index < -0.39 is 5.41 Å². The highest BCUT2D eigenvalue weighted by Gasteiger charge is 2.46. The fraction of sp³-hybridized carbons (Fsp3) is 0.0625. The number of hydrogen-bond donors (Lipinski definition) is 0. The van der Waals surface area contributed by atoms with Crippen molar-refractivity contribution in [3.05, 3.63) is 270 Å². The molecule has 2 nitrogen and oxygen atoms in total. The molecule has 2 aliphatic carbocycles. The van der Waals surface area contributed by atoms with Crippen molar-refractivity contribution in [1.29, 1.82) is 0 Å². The average molecular weight is 844 g/mol. The van der Waals surface area contributed by atoms with Gasteiger partial charge in [-0.05, 0) is 121 Å². The summed E-state index contributed by atoms with van der Waals surface area (Å²) in [5.74, 6) is 0. The standard InChI is InChI=1S/C64H45NO/c1-63(2)57-28-12-9-23-51(57)53-37-35-49(41-60(53)63)65(47-33-31-42(32-34-47)43-17-15-18-44(39-43)50-26-16-27-55-54-25-11-14-30-61(54)66-62(50)55)48-36-38-59-56(40-48)52-24-10-13-29-58(52)64(59,45-19-5-3-6-20-45)46-21-7-4-8-22-46/h3-41H,1-2H3. The molecule has 11 aromatic rings. The first kappa shape index (κ1) is 38.3. The Morgan fingerprint density at radius 1 is 0.333 bits per heavy atom. The minimum atomic E-state index is -0.465. The molecule has 0 amide bonds. The molecule has 0 bridgehead atoms. The number of fused-ring (bicyclic) bond motifs is 9. The van der Waals surface area contributed by atoms with Crippen LogP contribution in [0.5, 0.6) is 0 Å². The van der Waals surface area contributed by atoms with Gasteiger partial charge < -0.3 is 9.32 Å². The van der Waals surface area contributed by atoms with Crippen LogP contribution in [-0.4, -0.2) is 0 Å². The molecule has 0 unspecified atom stereocenters. The molecular formula is C64H45NO. The summed E-state index contributed by atoms with van der Waals surface area (Å²) in [6.45, 7) is 4.73. The van der Waals surface area contributed by atoms with E-state index in [2.05, 4.69) is 243 Å². The average Bonchev–Trinajstić information content (AvgIpc) is 3.98. The van der Waals surface area contributed by atoms with Crippen molar-refractivity contribution < 1.29 is 4.42 Å². The molecule has 0 saturated carbocycles. The van der Waals surface area contributed by atoms with E-state index in [1.807, 2.05) is 12.1 Å². The van der Waals surface area contributed by atoms with Gasteiger partial charge in [-0.2, -0.15) is 0 Å². The van der Waals surface area contributed by atoms with Gasteiger partial charge in [0.15, 0.2) is 0 Å². The van der Waals surface area contributed by atoms with Crippen LogP contribution in [0.25, 0.3) is 66.4 Å². The van der Waals surface area contributed by atoms with Crippen LogP contribution >= 0.6 is 0 Å². The van der Waals surface area contributed by atoms with E-state index in [-0.39, 0.29) is 5.41 Å². The molecular weight excluding hydrogens is 799 g/mol. The van der Waals surface area contributed by atoms with Gasteiger partial charge in [-0.15, -0.1) is 0 Å². The van der Waals surface area contributed by atoms with E-state index in [0.29, 0.717) is 0 Å². The molecule has 0 saturated heterocycles. The van der Waals surface area contributed by atoms with E-state index >= 15 is 0 Å². The second-order valence-corrected chi connectivity index (χ2v) is 18.4. The summed E-state index contributed by atoms with van der Waals surface area (Å²) in [4.78, 5) is 2.45. The first-order chi connectivity index (χ1) is 32.5. The number of hydrogen-bond acceptors (Lipinski definition) is 2. The van der Waals surface area contributed by atoms with Crippen molar-refractivity contribution in [2.24, 2.45) is 0 Å². The molecule has 2 heteroatoms. The Hall–Kier alpha value is -8.20. The van der Waals surface area contributed by atoms with Crippen molar-refractivity contribution in [2.45, 2.75) is 24.7 Å². The number of anilines is 3. The summed E-state index contributed by atoms with van der Waals surface area (Å²) in [6.07, 6.45) is 0. The smallest absolute Gasteiger partial charge is 0.143 e. The summed E-state index contributed by atoms with van der Waals surface area (Å²) < 4.78 is 6.47. The van der Waals surface area contributed by atoms with Crippen LogP contribution in [0.4, 0.5) is 17.1 Å². The highest BCUT2D eigenvalue weighted by Crippen LogP contribution is 2.58. The molecule has 66 heavy (non-hydrogen) atoms. The Balaban J connectivity index is 0.963. The Labute approximate surface area is 385 Å². The van der Waals surface area contributed by atoms with Gasteiger partial charge in [0.25, 0.3) is 0 Å². The largest absolute Gasteiger partial charge is 0.455 e. The quantitative estimate of drug-likeness (QED) is 0.159. The fourth-order valence-corrected chi connectivity index (χ4v) is 11.5. The van der Waals surface area contributed by atoms with Crippen LogP contribution in [-0.2, 0) is 10.8 Å². The summed E-state index contributed by atoms with van der Waals surface area (Å²) in [7, 11) is 0. The van der Waals surface area contributed by atoms with Gasteiger partial charge in [0.2, 0.25) is 0 Å². The molecule has 0 N–H and O–H groups in total. The molecule has 1 aromatic heterocycles. The van der Waals surface area contributed by atoms with E-state index in [4.69, 9.17) is 4.42 Å². The van der Waals surface area contributed by atoms with Crippen molar-refractivity contribution in [3.63, 3.8) is 0 Å². The molecule has 0 spiro atoms. The third kappa shape index (κ3) is 5.61. The van der Waals surface area contributed by atoms with E-state index in [0.717, 1.165) is 61.3 Å². The Bertz CT molecular complexity index is 3630. The van der Waals surface area contributed by atoms with Crippen molar-refractivity contribution in [2.75, 3.05) is 4.90 Å². The summed E-state index contributed by atoms with van der Waals surface area (Å²) in [5, 5.41) is 2.28. The minimum absolute atomic E-state index is 0.142.